The zero-order valence-electron chi connectivity index (χ0n) is 10.7. The van der Waals surface area contributed by atoms with Crippen LogP contribution in [-0.2, 0) is 10.0 Å². The monoisotopic (exact) mass is 317 g/mol. The lowest BCUT2D eigenvalue weighted by Gasteiger charge is -2.30. The first kappa shape index (κ1) is 15.1. The molecule has 20 heavy (non-hydrogen) atoms. The average Bonchev–Trinajstić information content (AvgIpc) is 2.46. The van der Waals surface area contributed by atoms with Gasteiger partial charge in [-0.1, -0.05) is 22.8 Å². The predicted molar refractivity (Wildman–Crippen MR) is 76.3 cm³/mol. The van der Waals surface area contributed by atoms with Gasteiger partial charge in [0.2, 0.25) is 10.0 Å². The van der Waals surface area contributed by atoms with E-state index >= 15 is 0 Å². The Bertz CT molecular complexity index is 610. The van der Waals surface area contributed by atoms with E-state index in [9.17, 15) is 8.42 Å². The number of hydrogen-bond donors (Lipinski definition) is 2. The molecular formula is C12H16ClN3O3S. The van der Waals surface area contributed by atoms with E-state index in [1.54, 1.807) is 12.1 Å². The van der Waals surface area contributed by atoms with E-state index in [2.05, 4.69) is 5.16 Å². The number of oxime groups is 1. The highest BCUT2D eigenvalue weighted by atomic mass is 35.5. The molecule has 1 aromatic carbocycles. The highest BCUT2D eigenvalue weighted by Gasteiger charge is 2.30. The number of piperidine rings is 1. The van der Waals surface area contributed by atoms with Gasteiger partial charge >= 0.3 is 0 Å². The van der Waals surface area contributed by atoms with E-state index in [0.29, 0.717) is 31.0 Å². The van der Waals surface area contributed by atoms with Crippen LogP contribution in [0.1, 0.15) is 12.8 Å². The highest BCUT2D eigenvalue weighted by molar-refractivity contribution is 7.89. The molecule has 0 saturated carbocycles. The van der Waals surface area contributed by atoms with Gasteiger partial charge in [-0.2, -0.15) is 4.31 Å². The summed E-state index contributed by atoms with van der Waals surface area (Å²) in [6.45, 7) is 0.686. The van der Waals surface area contributed by atoms with Gasteiger partial charge in [0.25, 0.3) is 0 Å². The minimum atomic E-state index is -3.53. The van der Waals surface area contributed by atoms with Crippen molar-refractivity contribution in [2.24, 2.45) is 16.8 Å². The van der Waals surface area contributed by atoms with Crippen LogP contribution in [0, 0.1) is 5.92 Å². The first-order chi connectivity index (χ1) is 9.45. The van der Waals surface area contributed by atoms with Crippen molar-refractivity contribution in [3.63, 3.8) is 0 Å². The van der Waals surface area contributed by atoms with Crippen LogP contribution in [0.25, 0.3) is 0 Å². The lowest BCUT2D eigenvalue weighted by atomic mass is 9.97. The minimum absolute atomic E-state index is 0.0780. The molecule has 1 saturated heterocycles. The molecular weight excluding hydrogens is 302 g/mol. The van der Waals surface area contributed by atoms with Gasteiger partial charge in [-0.3, -0.25) is 0 Å². The number of sulfonamides is 1. The standard InChI is InChI=1S/C12H16ClN3O3S/c13-10-2-1-3-11(8-10)20(18,19)16-6-4-9(5-7-16)12(14)15-17/h1-3,8-9,17H,4-7H2,(H2,14,15). The fourth-order valence-corrected chi connectivity index (χ4v) is 4.02. The van der Waals surface area contributed by atoms with Crippen molar-refractivity contribution in [3.8, 4) is 0 Å². The summed E-state index contributed by atoms with van der Waals surface area (Å²) in [4.78, 5) is 0.187. The number of amidine groups is 1. The Labute approximate surface area is 122 Å². The number of halogens is 1. The molecule has 1 heterocycles. The van der Waals surface area contributed by atoms with Crippen molar-refractivity contribution in [1.82, 2.24) is 4.31 Å². The Kier molecular flexibility index (Phi) is 4.52. The lowest BCUT2D eigenvalue weighted by molar-refractivity contribution is 0.291. The highest BCUT2D eigenvalue weighted by Crippen LogP contribution is 2.25. The summed E-state index contributed by atoms with van der Waals surface area (Å²) in [5.41, 5.74) is 5.55. The number of nitrogens with two attached hydrogens (primary N) is 1. The van der Waals surface area contributed by atoms with Crippen LogP contribution in [-0.4, -0.2) is 36.9 Å². The summed E-state index contributed by atoms with van der Waals surface area (Å²) in [5, 5.41) is 12.0. The number of benzene rings is 1. The van der Waals surface area contributed by atoms with Crippen molar-refractivity contribution in [2.75, 3.05) is 13.1 Å². The maximum absolute atomic E-state index is 12.4. The van der Waals surface area contributed by atoms with Crippen LogP contribution >= 0.6 is 11.6 Å². The van der Waals surface area contributed by atoms with Gasteiger partial charge in [0.1, 0.15) is 5.84 Å². The fraction of sp³-hybridized carbons (Fsp3) is 0.417. The average molecular weight is 318 g/mol. The molecule has 6 nitrogen and oxygen atoms in total. The molecule has 0 unspecified atom stereocenters. The third kappa shape index (κ3) is 3.05. The molecule has 0 aliphatic carbocycles. The minimum Gasteiger partial charge on any atom is -0.409 e. The first-order valence-corrected chi connectivity index (χ1v) is 8.00. The molecule has 2 rings (SSSR count). The van der Waals surface area contributed by atoms with Crippen molar-refractivity contribution in [2.45, 2.75) is 17.7 Å². The second-order valence-corrected chi connectivity index (χ2v) is 7.03. The Morgan fingerprint density at radius 2 is 2.05 bits per heavy atom. The van der Waals surface area contributed by atoms with Crippen molar-refractivity contribution in [1.29, 1.82) is 0 Å². The van der Waals surface area contributed by atoms with Crippen LogP contribution in [0.3, 0.4) is 0 Å². The van der Waals surface area contributed by atoms with Gasteiger partial charge in [0.05, 0.1) is 4.90 Å². The van der Waals surface area contributed by atoms with E-state index in [1.807, 2.05) is 0 Å². The van der Waals surface area contributed by atoms with Crippen LogP contribution in [0.4, 0.5) is 0 Å². The second-order valence-electron chi connectivity index (χ2n) is 4.66. The third-order valence-corrected chi connectivity index (χ3v) is 5.55. The summed E-state index contributed by atoms with van der Waals surface area (Å²) < 4.78 is 26.3. The lowest BCUT2D eigenvalue weighted by Crippen LogP contribution is -2.41. The molecule has 0 aromatic heterocycles. The molecule has 0 radical (unpaired) electrons. The van der Waals surface area contributed by atoms with Crippen molar-refractivity contribution >= 4 is 27.5 Å². The van der Waals surface area contributed by atoms with Crippen LogP contribution in [0.15, 0.2) is 34.3 Å². The molecule has 0 atom stereocenters. The summed E-state index contributed by atoms with van der Waals surface area (Å²) in [6, 6.07) is 6.20. The molecule has 8 heteroatoms. The maximum Gasteiger partial charge on any atom is 0.243 e. The van der Waals surface area contributed by atoms with Gasteiger partial charge < -0.3 is 10.9 Å². The normalized spacial score (nSPS) is 19.1. The maximum atomic E-state index is 12.4. The quantitative estimate of drug-likeness (QED) is 0.382. The zero-order valence-corrected chi connectivity index (χ0v) is 12.3. The number of rotatable bonds is 3. The Morgan fingerprint density at radius 1 is 1.40 bits per heavy atom. The fourth-order valence-electron chi connectivity index (χ4n) is 2.25. The van der Waals surface area contributed by atoms with Crippen molar-refractivity contribution < 1.29 is 13.6 Å². The van der Waals surface area contributed by atoms with Gasteiger partial charge in [-0.15, -0.1) is 0 Å². The van der Waals surface area contributed by atoms with Gasteiger partial charge in [0.15, 0.2) is 0 Å². The Hall–Kier alpha value is -1.31. The molecule has 0 spiro atoms. The molecule has 1 fully saturated rings. The summed E-state index contributed by atoms with van der Waals surface area (Å²) in [6.07, 6.45) is 1.07. The van der Waals surface area contributed by atoms with E-state index in [0.717, 1.165) is 0 Å². The summed E-state index contributed by atoms with van der Waals surface area (Å²) in [7, 11) is -3.53. The molecule has 3 N–H and O–H groups in total. The molecule has 0 bridgehead atoms. The molecule has 1 aromatic rings. The molecule has 1 aliphatic heterocycles. The Morgan fingerprint density at radius 3 is 2.60 bits per heavy atom. The number of hydrogen-bond acceptors (Lipinski definition) is 4. The topological polar surface area (TPSA) is 96.0 Å². The molecule has 110 valence electrons. The van der Waals surface area contributed by atoms with Crippen LogP contribution in [0.5, 0.6) is 0 Å². The van der Waals surface area contributed by atoms with Crippen LogP contribution in [0.2, 0.25) is 5.02 Å². The van der Waals surface area contributed by atoms with Gasteiger partial charge in [-0.05, 0) is 31.0 Å². The van der Waals surface area contributed by atoms with E-state index in [1.165, 1.54) is 16.4 Å². The molecule has 1 aliphatic rings. The smallest absolute Gasteiger partial charge is 0.243 e. The third-order valence-electron chi connectivity index (χ3n) is 3.42. The van der Waals surface area contributed by atoms with Gasteiger partial charge in [0, 0.05) is 24.0 Å². The van der Waals surface area contributed by atoms with E-state index < -0.39 is 10.0 Å². The zero-order chi connectivity index (χ0) is 14.8. The molecule has 0 amide bonds. The second kappa shape index (κ2) is 5.99. The largest absolute Gasteiger partial charge is 0.409 e. The van der Waals surface area contributed by atoms with E-state index in [-0.39, 0.29) is 16.6 Å². The number of nitrogens with zero attached hydrogens (tertiary/aromatic N) is 2. The van der Waals surface area contributed by atoms with Gasteiger partial charge in [-0.25, -0.2) is 8.42 Å². The first-order valence-electron chi connectivity index (χ1n) is 6.18. The van der Waals surface area contributed by atoms with Crippen molar-refractivity contribution in [3.05, 3.63) is 29.3 Å². The van der Waals surface area contributed by atoms with Crippen LogP contribution < -0.4 is 5.73 Å². The summed E-state index contributed by atoms with van der Waals surface area (Å²) >= 11 is 5.83. The summed E-state index contributed by atoms with van der Waals surface area (Å²) in [5.74, 6) is 0.0793. The predicted octanol–water partition coefficient (Wildman–Crippen LogP) is 1.49. The Balaban J connectivity index is 2.14. The van der Waals surface area contributed by atoms with E-state index in [4.69, 9.17) is 22.5 Å². The SMILES string of the molecule is NC(=NO)C1CCN(S(=O)(=O)c2cccc(Cl)c2)CC1.